The van der Waals surface area contributed by atoms with E-state index in [2.05, 4.69) is 10.6 Å². The number of rotatable bonds is 5. The van der Waals surface area contributed by atoms with Gasteiger partial charge in [0.1, 0.15) is 6.29 Å². The monoisotopic (exact) mass is 158 g/mol. The molecule has 62 valence electrons. The van der Waals surface area contributed by atoms with Crippen molar-refractivity contribution in [3.63, 3.8) is 0 Å². The van der Waals surface area contributed by atoms with Gasteiger partial charge in [-0.15, -0.1) is 0 Å². The molecule has 0 bridgehead atoms. The van der Waals surface area contributed by atoms with E-state index in [9.17, 15) is 14.4 Å². The summed E-state index contributed by atoms with van der Waals surface area (Å²) in [5.74, 6) is -0.378. The van der Waals surface area contributed by atoms with E-state index < -0.39 is 6.04 Å². The van der Waals surface area contributed by atoms with E-state index in [1.54, 1.807) is 6.92 Å². The van der Waals surface area contributed by atoms with Gasteiger partial charge in [-0.1, -0.05) is 0 Å². The number of amides is 2. The highest BCUT2D eigenvalue weighted by Gasteiger charge is 2.03. The second-order valence-corrected chi connectivity index (χ2v) is 1.99. The van der Waals surface area contributed by atoms with Crippen molar-refractivity contribution in [3.05, 3.63) is 0 Å². The maximum absolute atomic E-state index is 10.7. The molecule has 0 spiro atoms. The van der Waals surface area contributed by atoms with Crippen LogP contribution in [0.4, 0.5) is 0 Å². The fourth-order valence-electron chi connectivity index (χ4n) is 0.473. The summed E-state index contributed by atoms with van der Waals surface area (Å²) in [6.07, 6.45) is 1.03. The third kappa shape index (κ3) is 5.07. The molecule has 1 unspecified atom stereocenters. The van der Waals surface area contributed by atoms with Crippen LogP contribution >= 0.6 is 0 Å². The van der Waals surface area contributed by atoms with Crippen LogP contribution in [-0.2, 0) is 14.4 Å². The Hall–Kier alpha value is -1.39. The second kappa shape index (κ2) is 5.40. The van der Waals surface area contributed by atoms with Crippen molar-refractivity contribution in [1.82, 2.24) is 10.6 Å². The first-order valence-corrected chi connectivity index (χ1v) is 3.12. The van der Waals surface area contributed by atoms with Crippen LogP contribution in [0.25, 0.3) is 0 Å². The lowest BCUT2D eigenvalue weighted by Crippen LogP contribution is -2.39. The van der Waals surface area contributed by atoms with E-state index in [4.69, 9.17) is 0 Å². The summed E-state index contributed by atoms with van der Waals surface area (Å²) in [4.78, 5) is 30.4. The van der Waals surface area contributed by atoms with Crippen LogP contribution in [0, 0.1) is 0 Å². The molecule has 0 aromatic rings. The molecule has 2 N–H and O–H groups in total. The molecular formula is C6H10N2O3. The molecule has 0 aliphatic carbocycles. The summed E-state index contributed by atoms with van der Waals surface area (Å²) < 4.78 is 0. The average molecular weight is 158 g/mol. The maximum atomic E-state index is 10.7. The Labute approximate surface area is 64.1 Å². The Morgan fingerprint density at radius 3 is 2.64 bits per heavy atom. The molecular weight excluding hydrogens is 148 g/mol. The lowest BCUT2D eigenvalue weighted by atomic mass is 10.4. The summed E-state index contributed by atoms with van der Waals surface area (Å²) in [5, 5.41) is 4.50. The minimum atomic E-state index is -0.504. The number of hydrogen-bond donors (Lipinski definition) is 2. The first-order valence-electron chi connectivity index (χ1n) is 3.12. The van der Waals surface area contributed by atoms with E-state index in [-0.39, 0.29) is 12.5 Å². The zero-order valence-electron chi connectivity index (χ0n) is 6.16. The summed E-state index contributed by atoms with van der Waals surface area (Å²) in [7, 11) is 0. The van der Waals surface area contributed by atoms with Gasteiger partial charge in [0.25, 0.3) is 0 Å². The number of hydrogen-bond acceptors (Lipinski definition) is 3. The molecule has 0 aromatic carbocycles. The summed E-state index contributed by atoms with van der Waals surface area (Å²) in [6, 6.07) is -0.504. The van der Waals surface area contributed by atoms with Gasteiger partial charge in [0, 0.05) is 0 Å². The third-order valence-electron chi connectivity index (χ3n) is 0.939. The molecule has 2 amide bonds. The van der Waals surface area contributed by atoms with E-state index >= 15 is 0 Å². The van der Waals surface area contributed by atoms with Crippen LogP contribution in [0.2, 0.25) is 0 Å². The highest BCUT2D eigenvalue weighted by Crippen LogP contribution is 1.72. The van der Waals surface area contributed by atoms with Crippen LogP contribution in [0.15, 0.2) is 0 Å². The summed E-state index contributed by atoms with van der Waals surface area (Å²) >= 11 is 0. The molecule has 0 heterocycles. The molecule has 0 aliphatic heterocycles. The van der Waals surface area contributed by atoms with Gasteiger partial charge in [-0.05, 0) is 6.92 Å². The van der Waals surface area contributed by atoms with E-state index in [1.165, 1.54) is 0 Å². The largest absolute Gasteiger partial charge is 0.350 e. The first kappa shape index (κ1) is 9.61. The highest BCUT2D eigenvalue weighted by molar-refractivity contribution is 5.82. The molecule has 5 heteroatoms. The van der Waals surface area contributed by atoms with Gasteiger partial charge >= 0.3 is 0 Å². The van der Waals surface area contributed by atoms with E-state index in [0.717, 1.165) is 0 Å². The molecule has 5 nitrogen and oxygen atoms in total. The fourth-order valence-corrected chi connectivity index (χ4v) is 0.473. The molecule has 0 saturated carbocycles. The van der Waals surface area contributed by atoms with Crippen molar-refractivity contribution < 1.29 is 14.4 Å². The molecule has 0 radical (unpaired) electrons. The molecule has 1 atom stereocenters. The molecule has 0 fully saturated rings. The zero-order chi connectivity index (χ0) is 8.69. The number of aldehydes is 1. The smallest absolute Gasteiger partial charge is 0.239 e. The quantitative estimate of drug-likeness (QED) is 0.475. The SMILES string of the molecule is CC(C=O)NC(=O)CNC=O. The van der Waals surface area contributed by atoms with Gasteiger partial charge in [0.2, 0.25) is 12.3 Å². The standard InChI is InChI=1S/C6H10N2O3/c1-5(3-9)8-6(11)2-7-4-10/h3-5H,2H2,1H3,(H,7,10)(H,8,11). The number of carbonyl (C=O) groups is 3. The lowest BCUT2D eigenvalue weighted by Gasteiger charge is -2.05. The second-order valence-electron chi connectivity index (χ2n) is 1.99. The predicted octanol–water partition coefficient (Wildman–Crippen LogP) is -1.56. The minimum absolute atomic E-state index is 0.0956. The highest BCUT2D eigenvalue weighted by atomic mass is 16.2. The Kier molecular flexibility index (Phi) is 4.72. The zero-order valence-corrected chi connectivity index (χ0v) is 6.16. The first-order chi connectivity index (χ1) is 5.20. The Bertz CT molecular complexity index is 158. The van der Waals surface area contributed by atoms with Crippen molar-refractivity contribution in [2.24, 2.45) is 0 Å². The molecule has 0 aliphatic rings. The molecule has 0 aromatic heterocycles. The number of nitrogens with one attached hydrogen (secondary N) is 2. The van der Waals surface area contributed by atoms with Crippen molar-refractivity contribution in [2.75, 3.05) is 6.54 Å². The van der Waals surface area contributed by atoms with E-state index in [0.29, 0.717) is 12.7 Å². The van der Waals surface area contributed by atoms with Gasteiger partial charge < -0.3 is 15.4 Å². The maximum Gasteiger partial charge on any atom is 0.239 e. The molecule has 0 saturated heterocycles. The minimum Gasteiger partial charge on any atom is -0.350 e. The van der Waals surface area contributed by atoms with Gasteiger partial charge in [-0.25, -0.2) is 0 Å². The Morgan fingerprint density at radius 1 is 1.55 bits per heavy atom. The summed E-state index contributed by atoms with van der Waals surface area (Å²) in [5.41, 5.74) is 0. The fraction of sp³-hybridized carbons (Fsp3) is 0.500. The van der Waals surface area contributed by atoms with Gasteiger partial charge in [-0.3, -0.25) is 9.59 Å². The van der Waals surface area contributed by atoms with Gasteiger partial charge in [0.05, 0.1) is 12.6 Å². The Morgan fingerprint density at radius 2 is 2.18 bits per heavy atom. The van der Waals surface area contributed by atoms with Crippen molar-refractivity contribution in [1.29, 1.82) is 0 Å². The van der Waals surface area contributed by atoms with Gasteiger partial charge in [-0.2, -0.15) is 0 Å². The van der Waals surface area contributed by atoms with Crippen LogP contribution in [0.1, 0.15) is 6.92 Å². The topological polar surface area (TPSA) is 75.3 Å². The van der Waals surface area contributed by atoms with Crippen LogP contribution in [0.3, 0.4) is 0 Å². The molecule has 0 rings (SSSR count). The van der Waals surface area contributed by atoms with Crippen LogP contribution < -0.4 is 10.6 Å². The third-order valence-corrected chi connectivity index (χ3v) is 0.939. The number of carbonyl (C=O) groups excluding carboxylic acids is 3. The lowest BCUT2D eigenvalue weighted by molar-refractivity contribution is -0.124. The van der Waals surface area contributed by atoms with Crippen molar-refractivity contribution in [3.8, 4) is 0 Å². The van der Waals surface area contributed by atoms with Crippen LogP contribution in [-0.4, -0.2) is 31.2 Å². The molecule has 11 heavy (non-hydrogen) atoms. The van der Waals surface area contributed by atoms with Crippen molar-refractivity contribution >= 4 is 18.6 Å². The van der Waals surface area contributed by atoms with Gasteiger partial charge in [0.15, 0.2) is 0 Å². The average Bonchev–Trinajstić information content (AvgIpc) is 2.00. The van der Waals surface area contributed by atoms with Crippen LogP contribution in [0.5, 0.6) is 0 Å². The summed E-state index contributed by atoms with van der Waals surface area (Å²) in [6.45, 7) is 1.45. The van der Waals surface area contributed by atoms with E-state index in [1.807, 2.05) is 0 Å². The predicted molar refractivity (Wildman–Crippen MR) is 37.7 cm³/mol. The van der Waals surface area contributed by atoms with Crippen molar-refractivity contribution in [2.45, 2.75) is 13.0 Å². The Balaban J connectivity index is 3.51. The normalized spacial score (nSPS) is 11.4.